The molecule has 2 aliphatic rings. The zero-order valence-corrected chi connectivity index (χ0v) is 20.2. The van der Waals surface area contributed by atoms with E-state index in [9.17, 15) is 0 Å². The van der Waals surface area contributed by atoms with E-state index in [1.54, 1.807) is 0 Å². The van der Waals surface area contributed by atoms with Crippen molar-refractivity contribution in [2.45, 2.75) is 126 Å². The maximum atomic E-state index is 2.60. The predicted molar refractivity (Wildman–Crippen MR) is 122 cm³/mol. The molecule has 0 nitrogen and oxygen atoms in total. The largest absolute Gasteiger partial charge is 0.0654 e. The van der Waals surface area contributed by atoms with E-state index in [2.05, 4.69) is 55.4 Å². The summed E-state index contributed by atoms with van der Waals surface area (Å²) in [6.45, 7) is 20.1. The molecule has 0 bridgehead atoms. The molecule has 2 rings (SSSR count). The Morgan fingerprint density at radius 1 is 0.889 bits per heavy atom. The van der Waals surface area contributed by atoms with Crippen molar-refractivity contribution >= 4 is 0 Å². The van der Waals surface area contributed by atoms with Crippen LogP contribution in [0, 0.1) is 46.3 Å². The van der Waals surface area contributed by atoms with Crippen LogP contribution in [0.3, 0.4) is 0 Å². The maximum Gasteiger partial charge on any atom is -0.0210 e. The summed E-state index contributed by atoms with van der Waals surface area (Å²) < 4.78 is 0. The summed E-state index contributed by atoms with van der Waals surface area (Å²) >= 11 is 0. The van der Waals surface area contributed by atoms with Crippen molar-refractivity contribution in [1.82, 2.24) is 0 Å². The molecule has 0 heteroatoms. The Morgan fingerprint density at radius 3 is 2.00 bits per heavy atom. The van der Waals surface area contributed by atoms with Crippen LogP contribution in [0.25, 0.3) is 0 Å². The van der Waals surface area contributed by atoms with Gasteiger partial charge >= 0.3 is 0 Å². The third kappa shape index (κ3) is 5.33. The van der Waals surface area contributed by atoms with Gasteiger partial charge in [0.1, 0.15) is 0 Å². The Balaban J connectivity index is 1.75. The first kappa shape index (κ1) is 23.3. The van der Waals surface area contributed by atoms with Crippen molar-refractivity contribution < 1.29 is 0 Å². The molecular formula is C27H52. The maximum absolute atomic E-state index is 2.60. The van der Waals surface area contributed by atoms with Gasteiger partial charge in [0.25, 0.3) is 0 Å². The van der Waals surface area contributed by atoms with E-state index in [-0.39, 0.29) is 0 Å². The average molecular weight is 377 g/mol. The van der Waals surface area contributed by atoms with Crippen LogP contribution in [0.5, 0.6) is 0 Å². The lowest BCUT2D eigenvalue weighted by Gasteiger charge is -2.45. The van der Waals surface area contributed by atoms with Gasteiger partial charge in [-0.25, -0.2) is 0 Å². The van der Waals surface area contributed by atoms with Crippen LogP contribution in [0.15, 0.2) is 0 Å². The van der Waals surface area contributed by atoms with Gasteiger partial charge in [0.2, 0.25) is 0 Å². The fourth-order valence-electron chi connectivity index (χ4n) is 6.83. The van der Waals surface area contributed by atoms with Gasteiger partial charge in [-0.2, -0.15) is 0 Å². The van der Waals surface area contributed by atoms with Crippen molar-refractivity contribution in [2.24, 2.45) is 46.3 Å². The van der Waals surface area contributed by atoms with Gasteiger partial charge in [-0.1, -0.05) is 100 Å². The summed E-state index contributed by atoms with van der Waals surface area (Å²) in [5, 5.41) is 0. The SMILES string of the molecule is CCCCCC(C)C(C)C1(CC(C)CCCCC2CCC2(C)C)C(C)C1C. The Hall–Kier alpha value is 0. The van der Waals surface area contributed by atoms with E-state index >= 15 is 0 Å². The molecule has 0 aromatic rings. The van der Waals surface area contributed by atoms with E-state index in [0.29, 0.717) is 10.8 Å². The fraction of sp³-hybridized carbons (Fsp3) is 1.00. The third-order valence-corrected chi connectivity index (χ3v) is 9.74. The summed E-state index contributed by atoms with van der Waals surface area (Å²) in [7, 11) is 0. The molecule has 0 N–H and O–H groups in total. The molecule has 0 radical (unpaired) electrons. The zero-order chi connectivity index (χ0) is 20.2. The molecule has 0 heterocycles. The minimum Gasteiger partial charge on any atom is -0.0654 e. The van der Waals surface area contributed by atoms with Crippen LogP contribution >= 0.6 is 0 Å². The first-order valence-electron chi connectivity index (χ1n) is 12.7. The minimum absolute atomic E-state index is 0.651. The number of hydrogen-bond acceptors (Lipinski definition) is 0. The third-order valence-electron chi connectivity index (χ3n) is 9.74. The van der Waals surface area contributed by atoms with Gasteiger partial charge in [0.15, 0.2) is 0 Å². The van der Waals surface area contributed by atoms with Crippen LogP contribution in [0.2, 0.25) is 0 Å². The lowest BCUT2D eigenvalue weighted by atomic mass is 9.61. The van der Waals surface area contributed by atoms with Gasteiger partial charge < -0.3 is 0 Å². The molecule has 6 unspecified atom stereocenters. The Morgan fingerprint density at radius 2 is 1.52 bits per heavy atom. The molecule has 2 saturated carbocycles. The summed E-state index contributed by atoms with van der Waals surface area (Å²) in [6, 6.07) is 0. The first-order valence-corrected chi connectivity index (χ1v) is 12.7. The van der Waals surface area contributed by atoms with Gasteiger partial charge in [0.05, 0.1) is 0 Å². The summed E-state index contributed by atoms with van der Waals surface area (Å²) in [5.41, 5.74) is 1.30. The highest BCUT2D eigenvalue weighted by molar-refractivity contribution is 5.10. The first-order chi connectivity index (χ1) is 12.7. The fourth-order valence-corrected chi connectivity index (χ4v) is 6.83. The smallest absolute Gasteiger partial charge is 0.0210 e. The van der Waals surface area contributed by atoms with Crippen molar-refractivity contribution in [2.75, 3.05) is 0 Å². The van der Waals surface area contributed by atoms with Crippen molar-refractivity contribution in [3.63, 3.8) is 0 Å². The molecule has 0 saturated heterocycles. The van der Waals surface area contributed by atoms with E-state index in [1.165, 1.54) is 70.6 Å². The summed E-state index contributed by atoms with van der Waals surface area (Å²) in [6.07, 6.45) is 16.0. The molecule has 27 heavy (non-hydrogen) atoms. The monoisotopic (exact) mass is 376 g/mol. The van der Waals surface area contributed by atoms with Crippen LogP contribution in [-0.4, -0.2) is 0 Å². The number of unbranched alkanes of at least 4 members (excludes halogenated alkanes) is 3. The van der Waals surface area contributed by atoms with E-state index in [4.69, 9.17) is 0 Å². The minimum atomic E-state index is 0.651. The van der Waals surface area contributed by atoms with Gasteiger partial charge in [-0.3, -0.25) is 0 Å². The average Bonchev–Trinajstić information content (AvgIpc) is 3.13. The number of rotatable bonds is 13. The highest BCUT2D eigenvalue weighted by Crippen LogP contribution is 2.68. The van der Waals surface area contributed by atoms with Gasteiger partial charge in [-0.05, 0) is 72.0 Å². The zero-order valence-electron chi connectivity index (χ0n) is 20.2. The van der Waals surface area contributed by atoms with Crippen molar-refractivity contribution in [3.8, 4) is 0 Å². The van der Waals surface area contributed by atoms with Crippen molar-refractivity contribution in [1.29, 1.82) is 0 Å². The highest BCUT2D eigenvalue weighted by Gasteiger charge is 2.62. The standard InChI is InChI=1S/C27H52/c1-9-10-11-15-21(3)22(4)27(23(5)24(27)6)19-20(2)14-12-13-16-25-17-18-26(25,7)8/h20-25H,9-19H2,1-8H3. The topological polar surface area (TPSA) is 0 Å². The number of hydrogen-bond donors (Lipinski definition) is 0. The van der Waals surface area contributed by atoms with E-state index in [1.807, 2.05) is 0 Å². The lowest BCUT2D eigenvalue weighted by molar-refractivity contribution is 0.0618. The summed E-state index contributed by atoms with van der Waals surface area (Å²) in [5.74, 6) is 5.62. The Kier molecular flexibility index (Phi) is 8.34. The molecular weight excluding hydrogens is 324 g/mol. The molecule has 0 aliphatic heterocycles. The van der Waals surface area contributed by atoms with E-state index < -0.39 is 0 Å². The second-order valence-electron chi connectivity index (χ2n) is 11.8. The molecule has 2 aliphatic carbocycles. The molecule has 0 amide bonds. The van der Waals surface area contributed by atoms with Gasteiger partial charge in [0, 0.05) is 0 Å². The van der Waals surface area contributed by atoms with Crippen LogP contribution in [-0.2, 0) is 0 Å². The van der Waals surface area contributed by atoms with Crippen LogP contribution < -0.4 is 0 Å². The predicted octanol–water partition coefficient (Wildman–Crippen LogP) is 9.13. The lowest BCUT2D eigenvalue weighted by Crippen LogP contribution is -2.34. The molecule has 160 valence electrons. The molecule has 0 spiro atoms. The second kappa shape index (κ2) is 9.67. The quantitative estimate of drug-likeness (QED) is 0.281. The van der Waals surface area contributed by atoms with Crippen molar-refractivity contribution in [3.05, 3.63) is 0 Å². The van der Waals surface area contributed by atoms with E-state index in [0.717, 1.165) is 35.5 Å². The highest BCUT2D eigenvalue weighted by atomic mass is 14.7. The molecule has 6 atom stereocenters. The second-order valence-corrected chi connectivity index (χ2v) is 11.8. The molecule has 0 aromatic heterocycles. The van der Waals surface area contributed by atoms with Gasteiger partial charge in [-0.15, -0.1) is 0 Å². The van der Waals surface area contributed by atoms with Crippen LogP contribution in [0.1, 0.15) is 126 Å². The Bertz CT molecular complexity index is 425. The van der Waals surface area contributed by atoms with Crippen LogP contribution in [0.4, 0.5) is 0 Å². The molecule has 2 fully saturated rings. The summed E-state index contributed by atoms with van der Waals surface area (Å²) in [4.78, 5) is 0. The normalized spacial score (nSPS) is 35.3. The molecule has 0 aromatic carbocycles. The Labute approximate surface area is 172 Å².